The molecule has 0 radical (unpaired) electrons. The van der Waals surface area contributed by atoms with Crippen LogP contribution in [0.5, 0.6) is 5.75 Å². The maximum atomic E-state index is 12.0. The predicted molar refractivity (Wildman–Crippen MR) is 109 cm³/mol. The number of phenols is 1. The van der Waals surface area contributed by atoms with Crippen LogP contribution in [0.2, 0.25) is 0 Å². The smallest absolute Gasteiger partial charge is 0.319 e. The number of aryl methyl sites for hydroxylation is 2. The number of thioether (sulfide) groups is 1. The first-order valence-electron chi connectivity index (χ1n) is 8.53. The van der Waals surface area contributed by atoms with Crippen molar-refractivity contribution in [3.8, 4) is 5.75 Å². The van der Waals surface area contributed by atoms with Gasteiger partial charge in [0, 0.05) is 17.2 Å². The van der Waals surface area contributed by atoms with Gasteiger partial charge in [0.25, 0.3) is 0 Å². The van der Waals surface area contributed by atoms with Crippen molar-refractivity contribution in [2.24, 2.45) is 0 Å². The van der Waals surface area contributed by atoms with Crippen molar-refractivity contribution in [3.63, 3.8) is 0 Å². The summed E-state index contributed by atoms with van der Waals surface area (Å²) < 4.78 is 23.9. The Hall–Kier alpha value is -2.19. The first-order valence-corrected chi connectivity index (χ1v) is 11.2. The number of hydrogen-bond acceptors (Lipinski definition) is 5. The summed E-state index contributed by atoms with van der Waals surface area (Å²) in [5, 5.41) is 15.0. The van der Waals surface area contributed by atoms with Crippen LogP contribution in [-0.2, 0) is 9.84 Å². The minimum absolute atomic E-state index is 0.0564. The quantitative estimate of drug-likeness (QED) is 0.369. The van der Waals surface area contributed by atoms with Crippen LogP contribution in [0.3, 0.4) is 0 Å². The standard InChI is InChI=1S/C19H24N2O4S2/c1-4-27(24,25)16-7-8-18(22)17(12-16)21-19(23)20-9-10-26-15-6-5-13(2)14(3)11-15/h5-8,11-12,22H,4,9-10H2,1-3H3,(H2,20,21,23). The summed E-state index contributed by atoms with van der Waals surface area (Å²) in [5.74, 6) is 0.440. The van der Waals surface area contributed by atoms with Gasteiger partial charge in [-0.25, -0.2) is 13.2 Å². The molecule has 0 heterocycles. The van der Waals surface area contributed by atoms with Crippen LogP contribution in [0.25, 0.3) is 0 Å². The number of urea groups is 1. The fraction of sp³-hybridized carbons (Fsp3) is 0.316. The average molecular weight is 409 g/mol. The molecule has 0 unspecified atom stereocenters. The van der Waals surface area contributed by atoms with Gasteiger partial charge >= 0.3 is 6.03 Å². The number of phenolic OH excluding ortho intramolecular Hbond substituents is 1. The monoisotopic (exact) mass is 408 g/mol. The van der Waals surface area contributed by atoms with E-state index in [0.29, 0.717) is 12.3 Å². The fourth-order valence-electron chi connectivity index (χ4n) is 2.28. The molecule has 0 bridgehead atoms. The van der Waals surface area contributed by atoms with Crippen LogP contribution >= 0.6 is 11.8 Å². The molecular formula is C19H24N2O4S2. The summed E-state index contributed by atoms with van der Waals surface area (Å²) in [7, 11) is -3.42. The zero-order valence-electron chi connectivity index (χ0n) is 15.6. The molecule has 0 spiro atoms. The third kappa shape index (κ3) is 5.90. The second kappa shape index (κ2) is 9.14. The van der Waals surface area contributed by atoms with Crippen LogP contribution < -0.4 is 10.6 Å². The molecule has 2 rings (SSSR count). The van der Waals surface area contributed by atoms with Gasteiger partial charge in [-0.1, -0.05) is 13.0 Å². The number of carbonyl (C=O) groups is 1. The Labute approximate surface area is 164 Å². The Morgan fingerprint density at radius 1 is 1.11 bits per heavy atom. The molecular weight excluding hydrogens is 384 g/mol. The van der Waals surface area contributed by atoms with E-state index in [0.717, 1.165) is 4.90 Å². The number of anilines is 1. The lowest BCUT2D eigenvalue weighted by Gasteiger charge is -2.11. The van der Waals surface area contributed by atoms with Crippen molar-refractivity contribution in [1.82, 2.24) is 5.32 Å². The molecule has 0 saturated carbocycles. The Balaban J connectivity index is 1.88. The summed E-state index contributed by atoms with van der Waals surface area (Å²) in [5.41, 5.74) is 2.52. The van der Waals surface area contributed by atoms with Crippen molar-refractivity contribution in [2.45, 2.75) is 30.6 Å². The van der Waals surface area contributed by atoms with Crippen LogP contribution in [0, 0.1) is 13.8 Å². The van der Waals surface area contributed by atoms with E-state index in [-0.39, 0.29) is 22.1 Å². The predicted octanol–water partition coefficient (Wildman–Crippen LogP) is 3.72. The van der Waals surface area contributed by atoms with Crippen LogP contribution in [0.4, 0.5) is 10.5 Å². The van der Waals surface area contributed by atoms with Gasteiger partial charge in [-0.2, -0.15) is 0 Å². The van der Waals surface area contributed by atoms with E-state index in [2.05, 4.69) is 36.6 Å². The zero-order valence-corrected chi connectivity index (χ0v) is 17.2. The Bertz CT molecular complexity index is 927. The van der Waals surface area contributed by atoms with Crippen molar-refractivity contribution in [3.05, 3.63) is 47.5 Å². The van der Waals surface area contributed by atoms with Crippen LogP contribution in [0.15, 0.2) is 46.2 Å². The molecule has 2 aromatic carbocycles. The number of carbonyl (C=O) groups excluding carboxylic acids is 1. The number of amides is 2. The van der Waals surface area contributed by atoms with Crippen molar-refractivity contribution >= 4 is 33.3 Å². The largest absolute Gasteiger partial charge is 0.506 e. The molecule has 0 aliphatic rings. The molecule has 146 valence electrons. The minimum Gasteiger partial charge on any atom is -0.506 e. The SMILES string of the molecule is CCS(=O)(=O)c1ccc(O)c(NC(=O)NCCSc2ccc(C)c(C)c2)c1. The van der Waals surface area contributed by atoms with E-state index in [1.54, 1.807) is 11.8 Å². The first-order chi connectivity index (χ1) is 12.7. The van der Waals surface area contributed by atoms with E-state index in [4.69, 9.17) is 0 Å². The number of aromatic hydroxyl groups is 1. The van der Waals surface area contributed by atoms with Gasteiger partial charge in [0.1, 0.15) is 5.75 Å². The summed E-state index contributed by atoms with van der Waals surface area (Å²) in [4.78, 5) is 13.2. The molecule has 3 N–H and O–H groups in total. The first kappa shape index (κ1) is 21.1. The number of hydrogen-bond donors (Lipinski definition) is 3. The maximum absolute atomic E-state index is 12.0. The average Bonchev–Trinajstić information content (AvgIpc) is 2.63. The summed E-state index contributed by atoms with van der Waals surface area (Å²) in [6, 6.07) is 9.56. The second-order valence-electron chi connectivity index (χ2n) is 6.06. The summed E-state index contributed by atoms with van der Waals surface area (Å²) in [6.45, 7) is 6.09. The molecule has 0 aliphatic carbocycles. The molecule has 0 aliphatic heterocycles. The van der Waals surface area contributed by atoms with E-state index in [1.165, 1.54) is 36.2 Å². The van der Waals surface area contributed by atoms with Crippen LogP contribution in [-0.4, -0.2) is 37.6 Å². The number of benzene rings is 2. The maximum Gasteiger partial charge on any atom is 0.319 e. The van der Waals surface area contributed by atoms with Gasteiger partial charge < -0.3 is 15.7 Å². The van der Waals surface area contributed by atoms with Gasteiger partial charge in [0.15, 0.2) is 9.84 Å². The third-order valence-electron chi connectivity index (χ3n) is 4.09. The highest BCUT2D eigenvalue weighted by molar-refractivity contribution is 7.99. The van der Waals surface area contributed by atoms with Crippen molar-refractivity contribution < 1.29 is 18.3 Å². The number of nitrogens with one attached hydrogen (secondary N) is 2. The Morgan fingerprint density at radius 3 is 2.52 bits per heavy atom. The molecule has 27 heavy (non-hydrogen) atoms. The minimum atomic E-state index is -3.42. The molecule has 0 fully saturated rings. The van der Waals surface area contributed by atoms with E-state index in [1.807, 2.05) is 6.07 Å². The van der Waals surface area contributed by atoms with E-state index >= 15 is 0 Å². The summed E-state index contributed by atoms with van der Waals surface area (Å²) >= 11 is 1.63. The molecule has 2 aromatic rings. The highest BCUT2D eigenvalue weighted by Crippen LogP contribution is 2.27. The lowest BCUT2D eigenvalue weighted by Crippen LogP contribution is -2.30. The Morgan fingerprint density at radius 2 is 1.85 bits per heavy atom. The molecule has 8 heteroatoms. The zero-order chi connectivity index (χ0) is 20.0. The molecule has 0 aromatic heterocycles. The van der Waals surface area contributed by atoms with Crippen molar-refractivity contribution in [1.29, 1.82) is 0 Å². The van der Waals surface area contributed by atoms with Gasteiger partial charge in [0.2, 0.25) is 0 Å². The highest BCUT2D eigenvalue weighted by Gasteiger charge is 2.15. The van der Waals surface area contributed by atoms with Gasteiger partial charge in [-0.05, 0) is 55.3 Å². The topological polar surface area (TPSA) is 95.5 Å². The van der Waals surface area contributed by atoms with Crippen LogP contribution in [0.1, 0.15) is 18.1 Å². The second-order valence-corrected chi connectivity index (χ2v) is 9.50. The lowest BCUT2D eigenvalue weighted by atomic mass is 10.1. The highest BCUT2D eigenvalue weighted by atomic mass is 32.2. The summed E-state index contributed by atoms with van der Waals surface area (Å²) in [6.07, 6.45) is 0. The molecule has 6 nitrogen and oxygen atoms in total. The number of sulfone groups is 1. The third-order valence-corrected chi connectivity index (χ3v) is 6.82. The van der Waals surface area contributed by atoms with Gasteiger partial charge in [0.05, 0.1) is 16.3 Å². The Kier molecular flexibility index (Phi) is 7.15. The molecule has 0 saturated heterocycles. The molecule has 0 atom stereocenters. The molecule has 2 amide bonds. The van der Waals surface area contributed by atoms with Gasteiger partial charge in [-0.3, -0.25) is 0 Å². The number of rotatable bonds is 7. The van der Waals surface area contributed by atoms with Gasteiger partial charge in [-0.15, -0.1) is 11.8 Å². The van der Waals surface area contributed by atoms with E-state index in [9.17, 15) is 18.3 Å². The fourth-order valence-corrected chi connectivity index (χ4v) is 4.05. The van der Waals surface area contributed by atoms with E-state index < -0.39 is 15.9 Å². The lowest BCUT2D eigenvalue weighted by molar-refractivity contribution is 0.252. The normalized spacial score (nSPS) is 11.2. The van der Waals surface area contributed by atoms with Crippen molar-refractivity contribution in [2.75, 3.05) is 23.4 Å².